The fraction of sp³-hybridized carbons (Fsp3) is 0. The lowest BCUT2D eigenvalue weighted by Crippen LogP contribution is -1.96. The summed E-state index contributed by atoms with van der Waals surface area (Å²) in [6, 6.07) is 59.0. The second kappa shape index (κ2) is 11.4. The van der Waals surface area contributed by atoms with Gasteiger partial charge in [0.25, 0.3) is 0 Å². The number of para-hydroxylation sites is 3. The number of fused-ring (bicyclic) bond motifs is 7. The van der Waals surface area contributed by atoms with Crippen molar-refractivity contribution in [2.75, 3.05) is 0 Å². The van der Waals surface area contributed by atoms with Gasteiger partial charge in [-0.15, -0.1) is 0 Å². The molecule has 4 nitrogen and oxygen atoms in total. The molecule has 0 spiro atoms. The third-order valence-corrected chi connectivity index (χ3v) is 9.67. The molecule has 0 saturated heterocycles. The summed E-state index contributed by atoms with van der Waals surface area (Å²) in [4.78, 5) is 20.4. The van der Waals surface area contributed by atoms with Crippen molar-refractivity contribution >= 4 is 54.3 Å². The van der Waals surface area contributed by atoms with Crippen molar-refractivity contribution in [2.45, 2.75) is 0 Å². The zero-order chi connectivity index (χ0) is 33.0. The van der Waals surface area contributed by atoms with Crippen LogP contribution in [0.5, 0.6) is 0 Å². The number of benzene rings is 7. The van der Waals surface area contributed by atoms with E-state index < -0.39 is 0 Å². The highest BCUT2D eigenvalue weighted by molar-refractivity contribution is 6.12. The van der Waals surface area contributed by atoms with Gasteiger partial charge in [-0.3, -0.25) is 0 Å². The topological polar surface area (TPSA) is 51.6 Å². The van der Waals surface area contributed by atoms with Crippen molar-refractivity contribution in [1.82, 2.24) is 19.9 Å². The summed E-state index contributed by atoms with van der Waals surface area (Å²) in [6.45, 7) is 0. The summed E-state index contributed by atoms with van der Waals surface area (Å²) >= 11 is 0. The Morgan fingerprint density at radius 3 is 1.00 bits per heavy atom. The monoisotopic (exact) mass is 636 g/mol. The van der Waals surface area contributed by atoms with Crippen LogP contribution in [-0.4, -0.2) is 19.9 Å². The Morgan fingerprint density at radius 1 is 0.220 bits per heavy atom. The molecule has 0 radical (unpaired) electrons. The molecule has 3 heterocycles. The maximum absolute atomic E-state index is 5.19. The van der Waals surface area contributed by atoms with E-state index in [4.69, 9.17) is 19.9 Å². The molecule has 7 aromatic carbocycles. The van der Waals surface area contributed by atoms with E-state index in [9.17, 15) is 0 Å². The quantitative estimate of drug-likeness (QED) is 0.180. The van der Waals surface area contributed by atoms with E-state index in [-0.39, 0.29) is 0 Å². The lowest BCUT2D eigenvalue weighted by molar-refractivity contribution is 1.23. The van der Waals surface area contributed by atoms with Gasteiger partial charge in [-0.1, -0.05) is 152 Å². The molecule has 0 aliphatic rings. The molecular formula is C46H28N4. The molecule has 232 valence electrons. The van der Waals surface area contributed by atoms with Crippen molar-refractivity contribution in [2.24, 2.45) is 0 Å². The molecule has 10 aromatic rings. The van der Waals surface area contributed by atoms with Gasteiger partial charge in [0.1, 0.15) is 0 Å². The first-order valence-electron chi connectivity index (χ1n) is 16.8. The molecule has 4 heteroatoms. The van der Waals surface area contributed by atoms with Gasteiger partial charge in [-0.05, 0) is 29.0 Å². The molecule has 0 aliphatic carbocycles. The minimum Gasteiger partial charge on any atom is -0.247 e. The van der Waals surface area contributed by atoms with Gasteiger partial charge in [0.15, 0.2) is 5.82 Å². The van der Waals surface area contributed by atoms with Crippen LogP contribution < -0.4 is 0 Å². The number of rotatable bonds is 4. The number of nitrogens with zero attached hydrogens (tertiary/aromatic N) is 4. The SMILES string of the molecule is c1ccc2c(-c3ccc(-c4nc5ccccc5c5ccccc45)cc3)nc(-c3ccc(-c4nc5ccccc5c5ccccc45)cc3)nc2c1. The molecule has 0 bridgehead atoms. The van der Waals surface area contributed by atoms with Crippen molar-refractivity contribution < 1.29 is 0 Å². The maximum atomic E-state index is 5.19. The van der Waals surface area contributed by atoms with Gasteiger partial charge in [0.2, 0.25) is 0 Å². The Kier molecular flexibility index (Phi) is 6.46. The van der Waals surface area contributed by atoms with Gasteiger partial charge in [0.05, 0.1) is 33.6 Å². The van der Waals surface area contributed by atoms with Crippen LogP contribution >= 0.6 is 0 Å². The van der Waals surface area contributed by atoms with Crippen LogP contribution in [0.15, 0.2) is 170 Å². The van der Waals surface area contributed by atoms with E-state index >= 15 is 0 Å². The summed E-state index contributed by atoms with van der Waals surface area (Å²) < 4.78 is 0. The highest BCUT2D eigenvalue weighted by atomic mass is 14.9. The summed E-state index contributed by atoms with van der Waals surface area (Å²) in [6.07, 6.45) is 0. The van der Waals surface area contributed by atoms with Crippen molar-refractivity contribution in [3.63, 3.8) is 0 Å². The minimum atomic E-state index is 0.688. The molecule has 0 N–H and O–H groups in total. The number of hydrogen-bond donors (Lipinski definition) is 0. The molecule has 3 aromatic heterocycles. The van der Waals surface area contributed by atoms with E-state index in [0.29, 0.717) is 5.82 Å². The lowest BCUT2D eigenvalue weighted by Gasteiger charge is -2.12. The fourth-order valence-electron chi connectivity index (χ4n) is 7.24. The van der Waals surface area contributed by atoms with Crippen LogP contribution in [0.2, 0.25) is 0 Å². The van der Waals surface area contributed by atoms with E-state index in [0.717, 1.165) is 77.4 Å². The number of pyridine rings is 2. The Bertz CT molecular complexity index is 2910. The van der Waals surface area contributed by atoms with Crippen molar-refractivity contribution in [1.29, 1.82) is 0 Å². The third kappa shape index (κ3) is 4.61. The zero-order valence-corrected chi connectivity index (χ0v) is 27.0. The molecular weight excluding hydrogens is 609 g/mol. The molecule has 0 fully saturated rings. The Morgan fingerprint density at radius 2 is 0.540 bits per heavy atom. The van der Waals surface area contributed by atoms with Gasteiger partial charge in [-0.2, -0.15) is 0 Å². The Hall–Kier alpha value is -6.78. The average molecular weight is 637 g/mol. The first-order valence-corrected chi connectivity index (χ1v) is 16.8. The minimum absolute atomic E-state index is 0.688. The Balaban J connectivity index is 1.06. The van der Waals surface area contributed by atoms with E-state index in [1.165, 1.54) is 16.2 Å². The first-order chi connectivity index (χ1) is 24.8. The maximum Gasteiger partial charge on any atom is 0.160 e. The molecule has 50 heavy (non-hydrogen) atoms. The van der Waals surface area contributed by atoms with Gasteiger partial charge in [-0.25, -0.2) is 19.9 Å². The summed E-state index contributed by atoms with van der Waals surface area (Å²) in [5, 5.41) is 8.03. The summed E-state index contributed by atoms with van der Waals surface area (Å²) in [5.41, 5.74) is 9.85. The first kappa shape index (κ1) is 28.3. The van der Waals surface area contributed by atoms with Crippen molar-refractivity contribution in [3.8, 4) is 45.2 Å². The van der Waals surface area contributed by atoms with Crippen LogP contribution in [0.25, 0.3) is 99.4 Å². The molecule has 0 saturated carbocycles. The standard InChI is InChI=1S/C46H28N4/c1-3-15-37-33(11-1)35-13-5-8-18-40(35)47-43(37)29-21-23-31(24-22-29)45-39-17-7-10-20-42(39)49-46(50-45)32-27-25-30(26-28-32)44-38-16-4-2-12-34(38)36-14-6-9-19-41(36)48-44/h1-28H. The zero-order valence-electron chi connectivity index (χ0n) is 27.0. The van der Waals surface area contributed by atoms with Crippen molar-refractivity contribution in [3.05, 3.63) is 170 Å². The Labute approximate surface area is 288 Å². The highest BCUT2D eigenvalue weighted by Gasteiger charge is 2.15. The van der Waals surface area contributed by atoms with Gasteiger partial charge >= 0.3 is 0 Å². The molecule has 0 aliphatic heterocycles. The highest BCUT2D eigenvalue weighted by Crippen LogP contribution is 2.36. The predicted octanol–water partition coefficient (Wildman–Crippen LogP) is 11.7. The summed E-state index contributed by atoms with van der Waals surface area (Å²) in [5.74, 6) is 0.688. The predicted molar refractivity (Wildman–Crippen MR) is 207 cm³/mol. The number of aromatic nitrogens is 4. The van der Waals surface area contributed by atoms with E-state index in [1.54, 1.807) is 0 Å². The van der Waals surface area contributed by atoms with Gasteiger partial charge < -0.3 is 0 Å². The molecule has 10 rings (SSSR count). The summed E-state index contributed by atoms with van der Waals surface area (Å²) in [7, 11) is 0. The van der Waals surface area contributed by atoms with E-state index in [1.807, 2.05) is 24.3 Å². The van der Waals surface area contributed by atoms with Crippen LogP contribution in [0.3, 0.4) is 0 Å². The smallest absolute Gasteiger partial charge is 0.160 e. The second-order valence-corrected chi connectivity index (χ2v) is 12.6. The third-order valence-electron chi connectivity index (χ3n) is 9.67. The van der Waals surface area contributed by atoms with Crippen LogP contribution in [0.1, 0.15) is 0 Å². The van der Waals surface area contributed by atoms with Gasteiger partial charge in [0, 0.05) is 49.2 Å². The average Bonchev–Trinajstić information content (AvgIpc) is 3.20. The fourth-order valence-corrected chi connectivity index (χ4v) is 7.24. The lowest BCUT2D eigenvalue weighted by atomic mass is 9.98. The van der Waals surface area contributed by atoms with Crippen LogP contribution in [0, 0.1) is 0 Å². The largest absolute Gasteiger partial charge is 0.247 e. The number of hydrogen-bond acceptors (Lipinski definition) is 4. The second-order valence-electron chi connectivity index (χ2n) is 12.6. The van der Waals surface area contributed by atoms with Crippen LogP contribution in [-0.2, 0) is 0 Å². The van der Waals surface area contributed by atoms with Crippen LogP contribution in [0.4, 0.5) is 0 Å². The molecule has 0 amide bonds. The normalized spacial score (nSPS) is 11.6. The van der Waals surface area contributed by atoms with E-state index in [2.05, 4.69) is 146 Å². The molecule has 0 unspecified atom stereocenters. The molecule has 0 atom stereocenters.